The summed E-state index contributed by atoms with van der Waals surface area (Å²) in [6.45, 7) is 1.26. The molecule has 0 spiro atoms. The highest BCUT2D eigenvalue weighted by Gasteiger charge is 2.30. The molecule has 0 unspecified atom stereocenters. The number of carbonyl (C=O) groups is 1. The predicted octanol–water partition coefficient (Wildman–Crippen LogP) is 4.05. The molecule has 2 aromatic rings. The summed E-state index contributed by atoms with van der Waals surface area (Å²) >= 11 is 3.40. The van der Waals surface area contributed by atoms with Gasteiger partial charge in [0.15, 0.2) is 0 Å². The maximum atomic E-state index is 14.0. The number of benzene rings is 2. The van der Waals surface area contributed by atoms with Crippen molar-refractivity contribution in [2.45, 2.75) is 6.54 Å². The van der Waals surface area contributed by atoms with Crippen LogP contribution in [0.3, 0.4) is 0 Å². The molecule has 5 nitrogen and oxygen atoms in total. The van der Waals surface area contributed by atoms with Gasteiger partial charge in [0.25, 0.3) is 0 Å². The minimum absolute atomic E-state index is 0.161. The Morgan fingerprint density at radius 1 is 1.12 bits per heavy atom. The molecule has 3 rings (SSSR count). The number of carbonyl (C=O) groups excluding carboxylic acids is 1. The zero-order valence-electron chi connectivity index (χ0n) is 14.0. The summed E-state index contributed by atoms with van der Waals surface area (Å²) in [6, 6.07) is 9.86. The monoisotopic (exact) mass is 408 g/mol. The molecule has 1 aliphatic rings. The Morgan fingerprint density at radius 3 is 2.64 bits per heavy atom. The first-order valence-electron chi connectivity index (χ1n) is 7.76. The van der Waals surface area contributed by atoms with Crippen LogP contribution in [0.5, 0.6) is 11.5 Å². The normalized spacial score (nSPS) is 14.2. The molecule has 1 fully saturated rings. The van der Waals surface area contributed by atoms with Gasteiger partial charge in [-0.1, -0.05) is 0 Å². The van der Waals surface area contributed by atoms with Crippen LogP contribution >= 0.6 is 15.9 Å². The van der Waals surface area contributed by atoms with Crippen molar-refractivity contribution in [1.29, 1.82) is 0 Å². The summed E-state index contributed by atoms with van der Waals surface area (Å²) in [4.78, 5) is 16.0. The number of halogens is 2. The minimum atomic E-state index is -0.350. The summed E-state index contributed by atoms with van der Waals surface area (Å²) in [5.74, 6) is 0.873. The van der Waals surface area contributed by atoms with Crippen LogP contribution in [0.25, 0.3) is 0 Å². The maximum absolute atomic E-state index is 14.0. The lowest BCUT2D eigenvalue weighted by Gasteiger charge is -2.20. The van der Waals surface area contributed by atoms with Gasteiger partial charge in [-0.25, -0.2) is 9.18 Å². The lowest BCUT2D eigenvalue weighted by Crippen LogP contribution is -2.31. The summed E-state index contributed by atoms with van der Waals surface area (Å²) in [7, 11) is 3.11. The van der Waals surface area contributed by atoms with Gasteiger partial charge in [-0.05, 0) is 46.3 Å². The smallest absolute Gasteiger partial charge is 0.324 e. The highest BCUT2D eigenvalue weighted by Crippen LogP contribution is 2.31. The van der Waals surface area contributed by atoms with Crippen LogP contribution in [-0.2, 0) is 6.54 Å². The fraction of sp³-hybridized carbons (Fsp3) is 0.278. The van der Waals surface area contributed by atoms with E-state index in [0.717, 1.165) is 10.2 Å². The van der Waals surface area contributed by atoms with Crippen molar-refractivity contribution >= 4 is 27.6 Å². The Labute approximate surface area is 154 Å². The molecule has 2 amide bonds. The molecule has 0 aliphatic carbocycles. The Bertz CT molecular complexity index is 800. The van der Waals surface area contributed by atoms with E-state index in [1.165, 1.54) is 13.2 Å². The van der Waals surface area contributed by atoms with Crippen molar-refractivity contribution in [1.82, 2.24) is 4.90 Å². The highest BCUT2D eigenvalue weighted by atomic mass is 79.9. The summed E-state index contributed by atoms with van der Waals surface area (Å²) in [5, 5.41) is 0. The number of hydrogen-bond donors (Lipinski definition) is 0. The highest BCUT2D eigenvalue weighted by molar-refractivity contribution is 9.10. The Morgan fingerprint density at radius 2 is 1.92 bits per heavy atom. The summed E-state index contributed by atoms with van der Waals surface area (Å²) < 4.78 is 25.3. The third-order valence-corrected chi connectivity index (χ3v) is 4.81. The third-order valence-electron chi connectivity index (χ3n) is 4.16. The van der Waals surface area contributed by atoms with Crippen LogP contribution in [0.4, 0.5) is 14.9 Å². The second-order valence-corrected chi connectivity index (χ2v) is 6.49. The molecule has 0 N–H and O–H groups in total. The Kier molecular flexibility index (Phi) is 5.13. The van der Waals surface area contributed by atoms with Crippen molar-refractivity contribution < 1.29 is 18.7 Å². The number of amides is 2. The molecule has 132 valence electrons. The number of ether oxygens (including phenoxy) is 2. The summed E-state index contributed by atoms with van der Waals surface area (Å²) in [5.41, 5.74) is 1.18. The van der Waals surface area contributed by atoms with Gasteiger partial charge in [0.05, 0.1) is 25.2 Å². The quantitative estimate of drug-likeness (QED) is 0.749. The first kappa shape index (κ1) is 17.5. The van der Waals surface area contributed by atoms with Gasteiger partial charge in [0.2, 0.25) is 0 Å². The number of nitrogens with zero attached hydrogens (tertiary/aromatic N) is 2. The fourth-order valence-corrected chi connectivity index (χ4v) is 3.20. The molecule has 0 atom stereocenters. The minimum Gasteiger partial charge on any atom is -0.497 e. The average molecular weight is 409 g/mol. The second kappa shape index (κ2) is 7.31. The zero-order chi connectivity index (χ0) is 18.0. The van der Waals surface area contributed by atoms with Crippen molar-refractivity contribution in [3.63, 3.8) is 0 Å². The third kappa shape index (κ3) is 3.56. The van der Waals surface area contributed by atoms with Crippen LogP contribution in [0.15, 0.2) is 40.9 Å². The zero-order valence-corrected chi connectivity index (χ0v) is 15.5. The van der Waals surface area contributed by atoms with E-state index in [2.05, 4.69) is 15.9 Å². The number of rotatable bonds is 5. The molecule has 0 aromatic heterocycles. The molecule has 1 saturated heterocycles. The molecule has 0 radical (unpaired) electrons. The number of urea groups is 1. The molecular weight excluding hydrogens is 391 g/mol. The van der Waals surface area contributed by atoms with Crippen molar-refractivity contribution in [2.24, 2.45) is 0 Å². The van der Waals surface area contributed by atoms with Crippen LogP contribution in [-0.4, -0.2) is 38.2 Å². The Hall–Kier alpha value is -2.28. The van der Waals surface area contributed by atoms with Gasteiger partial charge in [-0.3, -0.25) is 4.90 Å². The topological polar surface area (TPSA) is 42.0 Å². The van der Waals surface area contributed by atoms with Crippen molar-refractivity contribution in [3.05, 3.63) is 52.3 Å². The number of hydrogen-bond acceptors (Lipinski definition) is 3. The van der Waals surface area contributed by atoms with Gasteiger partial charge in [-0.2, -0.15) is 0 Å². The van der Waals surface area contributed by atoms with Gasteiger partial charge in [0, 0.05) is 30.4 Å². The van der Waals surface area contributed by atoms with E-state index < -0.39 is 0 Å². The molecule has 25 heavy (non-hydrogen) atoms. The van der Waals surface area contributed by atoms with E-state index in [9.17, 15) is 9.18 Å². The molecule has 7 heteroatoms. The first-order valence-corrected chi connectivity index (χ1v) is 8.55. The molecule has 1 heterocycles. The van der Waals surface area contributed by atoms with E-state index in [0.29, 0.717) is 30.2 Å². The van der Waals surface area contributed by atoms with Crippen molar-refractivity contribution in [2.75, 3.05) is 32.2 Å². The lowest BCUT2D eigenvalue weighted by molar-refractivity contribution is 0.218. The number of anilines is 1. The first-order chi connectivity index (χ1) is 12.0. The van der Waals surface area contributed by atoms with E-state index in [1.807, 2.05) is 12.1 Å². The van der Waals surface area contributed by atoms with Gasteiger partial charge in [0.1, 0.15) is 17.3 Å². The van der Waals surface area contributed by atoms with Crippen LogP contribution in [0, 0.1) is 5.82 Å². The largest absolute Gasteiger partial charge is 0.497 e. The SMILES string of the molecule is COc1ccc(F)c(CN2CCN(c3ccc(Br)c(OC)c3)C2=O)c1. The lowest BCUT2D eigenvalue weighted by atomic mass is 10.2. The van der Waals surface area contributed by atoms with Gasteiger partial charge < -0.3 is 14.4 Å². The average Bonchev–Trinajstić information content (AvgIpc) is 2.98. The van der Waals surface area contributed by atoms with Crippen LogP contribution in [0.2, 0.25) is 0 Å². The number of methoxy groups -OCH3 is 2. The van der Waals surface area contributed by atoms with Gasteiger partial charge in [-0.15, -0.1) is 0 Å². The van der Waals surface area contributed by atoms with E-state index in [1.54, 1.807) is 35.1 Å². The second-order valence-electron chi connectivity index (χ2n) is 5.63. The fourth-order valence-electron chi connectivity index (χ4n) is 2.79. The van der Waals surface area contributed by atoms with E-state index >= 15 is 0 Å². The molecular formula is C18H18BrFN2O3. The van der Waals surface area contributed by atoms with Gasteiger partial charge >= 0.3 is 6.03 Å². The van der Waals surface area contributed by atoms with E-state index in [-0.39, 0.29) is 18.4 Å². The maximum Gasteiger partial charge on any atom is 0.324 e. The standard InChI is InChI=1S/C18H18BrFN2O3/c1-24-14-4-6-16(20)12(9-14)11-21-7-8-22(18(21)23)13-3-5-15(19)17(10-13)25-2/h3-6,9-10H,7-8,11H2,1-2H3. The Balaban J connectivity index is 1.78. The van der Waals surface area contributed by atoms with Crippen LogP contribution < -0.4 is 14.4 Å². The van der Waals surface area contributed by atoms with Crippen LogP contribution in [0.1, 0.15) is 5.56 Å². The van der Waals surface area contributed by atoms with Crippen molar-refractivity contribution in [3.8, 4) is 11.5 Å². The summed E-state index contributed by atoms with van der Waals surface area (Å²) in [6.07, 6.45) is 0. The molecule has 2 aromatic carbocycles. The molecule has 0 bridgehead atoms. The van der Waals surface area contributed by atoms with E-state index in [4.69, 9.17) is 9.47 Å². The molecule has 1 aliphatic heterocycles. The molecule has 0 saturated carbocycles. The predicted molar refractivity (Wildman–Crippen MR) is 96.8 cm³/mol.